The van der Waals surface area contributed by atoms with Gasteiger partial charge < -0.3 is 5.32 Å². The van der Waals surface area contributed by atoms with Crippen LogP contribution in [0.25, 0.3) is 10.9 Å². The molecule has 0 fully saturated rings. The van der Waals surface area contributed by atoms with Crippen molar-refractivity contribution in [2.45, 2.75) is 56.9 Å². The largest absolute Gasteiger partial charge is 0.350 e. The highest BCUT2D eigenvalue weighted by molar-refractivity contribution is 8.00. The van der Waals surface area contributed by atoms with Crippen LogP contribution in [0, 0.1) is 6.92 Å². The number of aryl methyl sites for hydroxylation is 1. The van der Waals surface area contributed by atoms with Crippen LogP contribution in [0.15, 0.2) is 35.4 Å². The molecule has 4 heteroatoms. The fourth-order valence-corrected chi connectivity index (χ4v) is 3.06. The molecule has 1 unspecified atom stereocenters. The summed E-state index contributed by atoms with van der Waals surface area (Å²) >= 11 is 1.51. The molecule has 0 bridgehead atoms. The molecule has 22 heavy (non-hydrogen) atoms. The van der Waals surface area contributed by atoms with E-state index in [4.69, 9.17) is 0 Å². The number of aromatic nitrogens is 1. The molecule has 2 rings (SSSR count). The Hall–Kier alpha value is -1.55. The molecule has 118 valence electrons. The summed E-state index contributed by atoms with van der Waals surface area (Å²) in [5.41, 5.74) is 2.00. The van der Waals surface area contributed by atoms with E-state index in [1.807, 2.05) is 39.0 Å². The van der Waals surface area contributed by atoms with Crippen molar-refractivity contribution in [1.82, 2.24) is 10.3 Å². The lowest BCUT2D eigenvalue weighted by Crippen LogP contribution is -2.46. The number of pyridine rings is 1. The molecule has 0 aliphatic rings. The van der Waals surface area contributed by atoms with Crippen molar-refractivity contribution in [3.63, 3.8) is 0 Å². The summed E-state index contributed by atoms with van der Waals surface area (Å²) in [4.78, 5) is 17.0. The Morgan fingerprint density at radius 3 is 2.73 bits per heavy atom. The van der Waals surface area contributed by atoms with Gasteiger partial charge in [-0.25, -0.2) is 4.98 Å². The van der Waals surface area contributed by atoms with Crippen molar-refractivity contribution in [2.75, 3.05) is 0 Å². The summed E-state index contributed by atoms with van der Waals surface area (Å²) < 4.78 is 0. The van der Waals surface area contributed by atoms with Crippen LogP contribution in [-0.2, 0) is 4.79 Å². The zero-order valence-corrected chi connectivity index (χ0v) is 14.8. The molecule has 2 aromatic rings. The van der Waals surface area contributed by atoms with Crippen LogP contribution in [0.1, 0.15) is 39.7 Å². The van der Waals surface area contributed by atoms with E-state index in [0.717, 1.165) is 22.3 Å². The molecule has 0 radical (unpaired) electrons. The van der Waals surface area contributed by atoms with Gasteiger partial charge in [0.15, 0.2) is 0 Å². The van der Waals surface area contributed by atoms with Gasteiger partial charge in [0.1, 0.15) is 0 Å². The van der Waals surface area contributed by atoms with Gasteiger partial charge >= 0.3 is 0 Å². The number of thioether (sulfide) groups is 1. The van der Waals surface area contributed by atoms with E-state index in [1.165, 1.54) is 17.3 Å². The molecule has 0 spiro atoms. The van der Waals surface area contributed by atoms with Crippen LogP contribution >= 0.6 is 11.8 Å². The maximum atomic E-state index is 12.3. The lowest BCUT2D eigenvalue weighted by molar-refractivity contribution is -0.121. The first-order valence-electron chi connectivity index (χ1n) is 7.67. The highest BCUT2D eigenvalue weighted by Crippen LogP contribution is 2.27. The summed E-state index contributed by atoms with van der Waals surface area (Å²) in [6.07, 6.45) is 0.906. The van der Waals surface area contributed by atoms with Crippen LogP contribution < -0.4 is 5.32 Å². The molecule has 1 atom stereocenters. The minimum atomic E-state index is -0.168. The predicted molar refractivity (Wildman–Crippen MR) is 94.3 cm³/mol. The van der Waals surface area contributed by atoms with E-state index >= 15 is 0 Å². The standard InChI is InChI=1S/C18H24N2OS/c1-6-18(4,5)20-17(21)13(3)22-16-11-12(2)14-9-7-8-10-15(14)19-16/h7-11,13H,6H2,1-5H3,(H,20,21). The summed E-state index contributed by atoms with van der Waals surface area (Å²) in [6, 6.07) is 10.2. The second-order valence-corrected chi connectivity index (χ2v) is 7.64. The van der Waals surface area contributed by atoms with Crippen molar-refractivity contribution >= 4 is 28.6 Å². The first-order chi connectivity index (χ1) is 10.3. The molecule has 0 aliphatic heterocycles. The summed E-state index contributed by atoms with van der Waals surface area (Å²) in [7, 11) is 0. The highest BCUT2D eigenvalue weighted by atomic mass is 32.2. The fourth-order valence-electron chi connectivity index (χ4n) is 2.14. The van der Waals surface area contributed by atoms with E-state index < -0.39 is 0 Å². The summed E-state index contributed by atoms with van der Waals surface area (Å²) in [5.74, 6) is 0.0597. The number of rotatable bonds is 5. The number of carbonyl (C=O) groups excluding carboxylic acids is 1. The number of amides is 1. The number of nitrogens with one attached hydrogen (secondary N) is 1. The van der Waals surface area contributed by atoms with E-state index in [9.17, 15) is 4.79 Å². The van der Waals surface area contributed by atoms with E-state index in [1.54, 1.807) is 0 Å². The van der Waals surface area contributed by atoms with Gasteiger partial charge in [0.2, 0.25) is 5.91 Å². The molecule has 0 saturated heterocycles. The summed E-state index contributed by atoms with van der Waals surface area (Å²) in [5, 5.41) is 4.98. The molecule has 1 N–H and O–H groups in total. The molecule has 1 aromatic heterocycles. The number of nitrogens with zero attached hydrogens (tertiary/aromatic N) is 1. The Labute approximate surface area is 136 Å². The van der Waals surface area contributed by atoms with Crippen molar-refractivity contribution in [3.8, 4) is 0 Å². The molecule has 3 nitrogen and oxygen atoms in total. The van der Waals surface area contributed by atoms with E-state index in [2.05, 4.69) is 36.3 Å². The van der Waals surface area contributed by atoms with Crippen molar-refractivity contribution in [1.29, 1.82) is 0 Å². The van der Waals surface area contributed by atoms with Gasteiger partial charge in [0.25, 0.3) is 0 Å². The van der Waals surface area contributed by atoms with Gasteiger partial charge in [-0.15, -0.1) is 0 Å². The minimum absolute atomic E-state index is 0.0597. The lowest BCUT2D eigenvalue weighted by Gasteiger charge is -2.26. The Bertz CT molecular complexity index is 682. The smallest absolute Gasteiger partial charge is 0.233 e. The maximum absolute atomic E-state index is 12.3. The number of hydrogen-bond acceptors (Lipinski definition) is 3. The van der Waals surface area contributed by atoms with Crippen molar-refractivity contribution in [2.24, 2.45) is 0 Å². The van der Waals surface area contributed by atoms with Gasteiger partial charge in [-0.1, -0.05) is 36.9 Å². The number of benzene rings is 1. The molecular weight excluding hydrogens is 292 g/mol. The van der Waals surface area contributed by atoms with Crippen LogP contribution in [0.4, 0.5) is 0 Å². The second-order valence-electron chi connectivity index (χ2n) is 6.28. The van der Waals surface area contributed by atoms with Crippen molar-refractivity contribution < 1.29 is 4.79 Å². The molecule has 0 saturated carbocycles. The van der Waals surface area contributed by atoms with Crippen molar-refractivity contribution in [3.05, 3.63) is 35.9 Å². The van der Waals surface area contributed by atoms with Crippen LogP contribution in [0.2, 0.25) is 0 Å². The third-order valence-corrected chi connectivity index (χ3v) is 4.93. The topological polar surface area (TPSA) is 42.0 Å². The van der Waals surface area contributed by atoms with Gasteiger partial charge in [-0.05, 0) is 51.8 Å². The van der Waals surface area contributed by atoms with Crippen LogP contribution in [0.5, 0.6) is 0 Å². The third kappa shape index (κ3) is 4.01. The maximum Gasteiger partial charge on any atom is 0.233 e. The number of para-hydroxylation sites is 1. The van der Waals surface area contributed by atoms with Crippen LogP contribution in [0.3, 0.4) is 0 Å². The van der Waals surface area contributed by atoms with Gasteiger partial charge in [0, 0.05) is 10.9 Å². The van der Waals surface area contributed by atoms with E-state index in [-0.39, 0.29) is 16.7 Å². The van der Waals surface area contributed by atoms with Crippen LogP contribution in [-0.4, -0.2) is 21.7 Å². The number of fused-ring (bicyclic) bond motifs is 1. The van der Waals surface area contributed by atoms with Gasteiger partial charge in [-0.2, -0.15) is 0 Å². The Morgan fingerprint density at radius 2 is 2.05 bits per heavy atom. The predicted octanol–water partition coefficient (Wildman–Crippen LogP) is 4.33. The highest BCUT2D eigenvalue weighted by Gasteiger charge is 2.22. The first-order valence-corrected chi connectivity index (χ1v) is 8.55. The molecule has 1 amide bonds. The lowest BCUT2D eigenvalue weighted by atomic mass is 10.0. The molecule has 1 aromatic carbocycles. The average molecular weight is 316 g/mol. The van der Waals surface area contributed by atoms with Gasteiger partial charge in [0.05, 0.1) is 15.8 Å². The Morgan fingerprint density at radius 1 is 1.36 bits per heavy atom. The molecular formula is C18H24N2OS. The minimum Gasteiger partial charge on any atom is -0.350 e. The quantitative estimate of drug-likeness (QED) is 0.835. The number of hydrogen-bond donors (Lipinski definition) is 1. The zero-order chi connectivity index (χ0) is 16.3. The second kappa shape index (κ2) is 6.69. The zero-order valence-electron chi connectivity index (χ0n) is 13.9. The molecule has 1 heterocycles. The SMILES string of the molecule is CCC(C)(C)NC(=O)C(C)Sc1cc(C)c2ccccc2n1. The third-order valence-electron chi connectivity index (χ3n) is 3.91. The summed E-state index contributed by atoms with van der Waals surface area (Å²) in [6.45, 7) is 10.2. The van der Waals surface area contributed by atoms with E-state index in [0.29, 0.717) is 0 Å². The average Bonchev–Trinajstić information content (AvgIpc) is 2.47. The monoisotopic (exact) mass is 316 g/mol. The normalized spacial score (nSPS) is 13.1. The Balaban J connectivity index is 2.15. The molecule has 0 aliphatic carbocycles. The first kappa shape index (κ1) is 16.8. The van der Waals surface area contributed by atoms with Gasteiger partial charge in [-0.3, -0.25) is 4.79 Å². The fraction of sp³-hybridized carbons (Fsp3) is 0.444. The number of carbonyl (C=O) groups is 1. The Kier molecular flexibility index (Phi) is 5.12.